The van der Waals surface area contributed by atoms with Crippen molar-refractivity contribution in [2.24, 2.45) is 11.8 Å². The number of benzene rings is 5. The maximum absolute atomic E-state index is 9.54. The first-order valence-electron chi connectivity index (χ1n) is 19.7. The smallest absolute Gasteiger partial charge is 0.160 e. The van der Waals surface area contributed by atoms with Crippen LogP contribution >= 0.6 is 0 Å². The molecule has 0 saturated heterocycles. The zero-order valence-corrected chi connectivity index (χ0v) is 31.6. The standard InChI is InChI=1S/C52H39N5/c1-34-31-40(50-51-49(43-19-8-10-21-45(43)54-50)44-20-9-11-22-48(44)57(51)41-17-6-3-7-18-41)29-30-42(34)36-25-27-38(28-26-36)47-32-46(37-16-12-13-35(33-53)23-24-37)55-52(56-47)39-14-4-2-5-15-39/h2-11,14-32,34-35,42H,12-13H2,1H3. The van der Waals surface area contributed by atoms with E-state index in [0.717, 1.165) is 74.3 Å². The van der Waals surface area contributed by atoms with E-state index in [1.54, 1.807) is 0 Å². The van der Waals surface area contributed by atoms with Gasteiger partial charge in [-0.2, -0.15) is 5.26 Å². The maximum Gasteiger partial charge on any atom is 0.160 e. The lowest BCUT2D eigenvalue weighted by Gasteiger charge is -2.24. The molecule has 0 bridgehead atoms. The summed E-state index contributed by atoms with van der Waals surface area (Å²) in [4.78, 5) is 15.5. The number of hydrogen-bond donors (Lipinski definition) is 0. The molecule has 3 heterocycles. The maximum atomic E-state index is 9.54. The van der Waals surface area contributed by atoms with Gasteiger partial charge in [-0.15, -0.1) is 0 Å². The molecule has 0 fully saturated rings. The molecule has 0 aliphatic heterocycles. The third kappa shape index (κ3) is 6.26. The highest BCUT2D eigenvalue weighted by Crippen LogP contribution is 2.42. The Labute approximate surface area is 332 Å². The molecule has 57 heavy (non-hydrogen) atoms. The van der Waals surface area contributed by atoms with E-state index < -0.39 is 0 Å². The van der Waals surface area contributed by atoms with Crippen molar-refractivity contribution >= 4 is 43.9 Å². The second-order valence-electron chi connectivity index (χ2n) is 15.0. The molecule has 10 rings (SSSR count). The molecule has 2 aliphatic carbocycles. The Morgan fingerprint density at radius 1 is 0.667 bits per heavy atom. The molecule has 0 amide bonds. The average molecular weight is 734 g/mol. The Morgan fingerprint density at radius 3 is 2.16 bits per heavy atom. The summed E-state index contributed by atoms with van der Waals surface area (Å²) in [6, 6.07) is 51.3. The van der Waals surface area contributed by atoms with Gasteiger partial charge >= 0.3 is 0 Å². The van der Waals surface area contributed by atoms with Crippen LogP contribution in [0.15, 0.2) is 176 Å². The van der Waals surface area contributed by atoms with Crippen LogP contribution in [0, 0.1) is 23.2 Å². The molecule has 3 aromatic heterocycles. The Kier molecular flexibility index (Phi) is 8.73. The summed E-state index contributed by atoms with van der Waals surface area (Å²) in [6.07, 6.45) is 14.9. The lowest BCUT2D eigenvalue weighted by Crippen LogP contribution is -2.10. The van der Waals surface area contributed by atoms with Crippen molar-refractivity contribution in [2.75, 3.05) is 0 Å². The van der Waals surface area contributed by atoms with Crippen LogP contribution < -0.4 is 0 Å². The van der Waals surface area contributed by atoms with Crippen LogP contribution in [0.3, 0.4) is 0 Å². The van der Waals surface area contributed by atoms with Crippen molar-refractivity contribution in [3.63, 3.8) is 0 Å². The minimum absolute atomic E-state index is 0.0888. The molecule has 5 aromatic carbocycles. The first kappa shape index (κ1) is 34.3. The zero-order valence-electron chi connectivity index (χ0n) is 31.6. The van der Waals surface area contributed by atoms with E-state index in [1.165, 1.54) is 21.9 Å². The molecule has 5 heteroatoms. The first-order chi connectivity index (χ1) is 28.1. The molecule has 0 saturated carbocycles. The number of allylic oxidation sites excluding steroid dienone is 8. The fourth-order valence-electron chi connectivity index (χ4n) is 8.57. The van der Waals surface area contributed by atoms with Crippen LogP contribution in [0.5, 0.6) is 0 Å². The minimum Gasteiger partial charge on any atom is -0.307 e. The van der Waals surface area contributed by atoms with Crippen molar-refractivity contribution in [1.29, 1.82) is 5.26 Å². The lowest BCUT2D eigenvalue weighted by atomic mass is 9.81. The topological polar surface area (TPSA) is 67.4 Å². The minimum atomic E-state index is -0.0888. The molecule has 0 N–H and O–H groups in total. The first-order valence-corrected chi connectivity index (χ1v) is 19.7. The number of pyridine rings is 1. The van der Waals surface area contributed by atoms with Gasteiger partial charge in [-0.05, 0) is 65.8 Å². The number of nitriles is 1. The van der Waals surface area contributed by atoms with Crippen LogP contribution in [0.25, 0.3) is 72.2 Å². The van der Waals surface area contributed by atoms with E-state index in [9.17, 15) is 5.26 Å². The highest BCUT2D eigenvalue weighted by molar-refractivity contribution is 6.22. The van der Waals surface area contributed by atoms with E-state index in [0.29, 0.717) is 5.82 Å². The van der Waals surface area contributed by atoms with Crippen molar-refractivity contribution in [2.45, 2.75) is 25.7 Å². The number of aromatic nitrogens is 4. The van der Waals surface area contributed by atoms with Crippen molar-refractivity contribution in [3.8, 4) is 34.4 Å². The van der Waals surface area contributed by atoms with Gasteiger partial charge in [0.15, 0.2) is 5.82 Å². The monoisotopic (exact) mass is 733 g/mol. The molecular weight excluding hydrogens is 695 g/mol. The number of hydrogen-bond acceptors (Lipinski definition) is 4. The van der Waals surface area contributed by atoms with Gasteiger partial charge in [0.25, 0.3) is 0 Å². The summed E-state index contributed by atoms with van der Waals surface area (Å²) < 4.78 is 2.39. The normalized spacial score (nSPS) is 18.0. The van der Waals surface area contributed by atoms with Crippen LogP contribution in [0.4, 0.5) is 0 Å². The number of para-hydroxylation sites is 3. The molecular formula is C52H39N5. The van der Waals surface area contributed by atoms with Crippen molar-refractivity contribution in [3.05, 3.63) is 193 Å². The van der Waals surface area contributed by atoms with Crippen LogP contribution in [-0.4, -0.2) is 19.5 Å². The van der Waals surface area contributed by atoms with Gasteiger partial charge in [-0.3, -0.25) is 0 Å². The Morgan fingerprint density at radius 2 is 1.37 bits per heavy atom. The summed E-state index contributed by atoms with van der Waals surface area (Å²) in [5, 5.41) is 13.2. The van der Waals surface area contributed by atoms with Crippen LogP contribution in [-0.2, 0) is 0 Å². The molecule has 0 radical (unpaired) electrons. The highest BCUT2D eigenvalue weighted by atomic mass is 15.0. The number of nitrogens with zero attached hydrogens (tertiary/aromatic N) is 5. The summed E-state index contributed by atoms with van der Waals surface area (Å²) >= 11 is 0. The van der Waals surface area contributed by atoms with Gasteiger partial charge < -0.3 is 4.57 Å². The van der Waals surface area contributed by atoms with Gasteiger partial charge in [0, 0.05) is 38.9 Å². The van der Waals surface area contributed by atoms with E-state index in [4.69, 9.17) is 15.0 Å². The predicted octanol–water partition coefficient (Wildman–Crippen LogP) is 12.7. The Balaban J connectivity index is 1.02. The fraction of sp³-hybridized carbons (Fsp3) is 0.115. The highest BCUT2D eigenvalue weighted by Gasteiger charge is 2.25. The third-order valence-corrected chi connectivity index (χ3v) is 11.4. The second kappa shape index (κ2) is 14.5. The number of rotatable bonds is 6. The van der Waals surface area contributed by atoms with Gasteiger partial charge in [-0.1, -0.05) is 153 Å². The third-order valence-electron chi connectivity index (χ3n) is 11.4. The summed E-state index contributed by atoms with van der Waals surface area (Å²) in [5.74, 6) is 1.03. The average Bonchev–Trinajstić information content (AvgIpc) is 3.43. The quantitative estimate of drug-likeness (QED) is 0.171. The molecule has 272 valence electrons. The van der Waals surface area contributed by atoms with Crippen LogP contribution in [0.2, 0.25) is 0 Å². The number of fused-ring (bicyclic) bond motifs is 5. The lowest BCUT2D eigenvalue weighted by molar-refractivity contribution is 0.637. The van der Waals surface area contributed by atoms with Crippen molar-refractivity contribution in [1.82, 2.24) is 19.5 Å². The zero-order chi connectivity index (χ0) is 38.3. The van der Waals surface area contributed by atoms with Crippen LogP contribution in [0.1, 0.15) is 42.6 Å². The summed E-state index contributed by atoms with van der Waals surface area (Å²) in [5.41, 5.74) is 12.6. The van der Waals surface area contributed by atoms with E-state index in [2.05, 4.69) is 151 Å². The summed E-state index contributed by atoms with van der Waals surface area (Å²) in [6.45, 7) is 2.31. The molecule has 2 aliphatic rings. The van der Waals surface area contributed by atoms with Gasteiger partial charge in [0.05, 0.1) is 45.6 Å². The van der Waals surface area contributed by atoms with E-state index in [1.807, 2.05) is 42.5 Å². The predicted molar refractivity (Wildman–Crippen MR) is 233 cm³/mol. The van der Waals surface area contributed by atoms with Gasteiger partial charge in [-0.25, -0.2) is 15.0 Å². The van der Waals surface area contributed by atoms with E-state index in [-0.39, 0.29) is 17.8 Å². The summed E-state index contributed by atoms with van der Waals surface area (Å²) in [7, 11) is 0. The molecule has 0 spiro atoms. The molecule has 3 unspecified atom stereocenters. The van der Waals surface area contributed by atoms with E-state index >= 15 is 0 Å². The largest absolute Gasteiger partial charge is 0.307 e. The SMILES string of the molecule is CC1C=C(c2nc3ccccc3c3c4ccccc4n(-c4ccccc4)c23)C=CC1c1ccc(-c2cc(C3=CCCC(C#N)C=C3)nc(-c3ccccc3)n2)cc1. The molecule has 8 aromatic rings. The van der Waals surface area contributed by atoms with Crippen molar-refractivity contribution < 1.29 is 0 Å². The Bertz CT molecular complexity index is 2980. The second-order valence-corrected chi connectivity index (χ2v) is 15.0. The van der Waals surface area contributed by atoms with Gasteiger partial charge in [0.2, 0.25) is 0 Å². The molecule has 5 nitrogen and oxygen atoms in total. The van der Waals surface area contributed by atoms with Gasteiger partial charge in [0.1, 0.15) is 0 Å². The Hall–Kier alpha value is -7.16. The molecule has 3 atom stereocenters. The fourth-order valence-corrected chi connectivity index (χ4v) is 8.57.